The standard InChI is InChI=1S/C20H24ClN3O5/c1-23(11-17(25)22-15-6-7-15)19(27)12-29-20(28)14-8-18(26)24(10-14)9-13-4-2-3-5-16(13)21/h2-5,14-15H,6-12H2,1H3,(H,22,25)/t14-/m0/s1. The number of nitrogens with one attached hydrogen (secondary N) is 1. The van der Waals surface area contributed by atoms with Gasteiger partial charge in [-0.25, -0.2) is 0 Å². The Morgan fingerprint density at radius 2 is 2.00 bits per heavy atom. The number of carbonyl (C=O) groups is 4. The van der Waals surface area contributed by atoms with Gasteiger partial charge in [0, 0.05) is 37.6 Å². The first-order valence-electron chi connectivity index (χ1n) is 9.54. The zero-order valence-electron chi connectivity index (χ0n) is 16.2. The lowest BCUT2D eigenvalue weighted by molar-refractivity contribution is -0.155. The van der Waals surface area contributed by atoms with E-state index in [0.29, 0.717) is 11.6 Å². The Kier molecular flexibility index (Phi) is 6.74. The summed E-state index contributed by atoms with van der Waals surface area (Å²) in [6, 6.07) is 7.44. The predicted molar refractivity (Wildman–Crippen MR) is 105 cm³/mol. The van der Waals surface area contributed by atoms with Gasteiger partial charge in [-0.3, -0.25) is 19.2 Å². The minimum absolute atomic E-state index is 0.0388. The molecule has 29 heavy (non-hydrogen) atoms. The Labute approximate surface area is 174 Å². The number of nitrogens with zero attached hydrogens (tertiary/aromatic N) is 2. The largest absolute Gasteiger partial charge is 0.455 e. The molecular formula is C20H24ClN3O5. The lowest BCUT2D eigenvalue weighted by Gasteiger charge is -2.18. The van der Waals surface area contributed by atoms with E-state index in [1.807, 2.05) is 12.1 Å². The SMILES string of the molecule is CN(CC(=O)NC1CC1)C(=O)COC(=O)[C@H]1CC(=O)N(Cc2ccccc2Cl)C1. The first-order chi connectivity index (χ1) is 13.8. The summed E-state index contributed by atoms with van der Waals surface area (Å²) in [6.07, 6.45) is 1.97. The molecule has 1 aromatic rings. The number of likely N-dealkylation sites (N-methyl/N-ethyl adjacent to an activating group) is 1. The van der Waals surface area contributed by atoms with Gasteiger partial charge in [-0.2, -0.15) is 0 Å². The second-order valence-electron chi connectivity index (χ2n) is 7.47. The van der Waals surface area contributed by atoms with Gasteiger partial charge in [0.1, 0.15) is 0 Å². The molecule has 0 bridgehead atoms. The van der Waals surface area contributed by atoms with Crippen LogP contribution in [0.3, 0.4) is 0 Å². The number of likely N-dealkylation sites (tertiary alicyclic amines) is 1. The smallest absolute Gasteiger partial charge is 0.311 e. The number of rotatable bonds is 8. The summed E-state index contributed by atoms with van der Waals surface area (Å²) in [5, 5.41) is 3.35. The Hall–Kier alpha value is -2.61. The van der Waals surface area contributed by atoms with Crippen LogP contribution in [-0.2, 0) is 30.5 Å². The maximum atomic E-state index is 12.3. The lowest BCUT2D eigenvalue weighted by atomic mass is 10.1. The molecule has 1 aliphatic carbocycles. The van der Waals surface area contributed by atoms with Crippen LogP contribution in [0, 0.1) is 5.92 Å². The minimum Gasteiger partial charge on any atom is -0.455 e. The van der Waals surface area contributed by atoms with E-state index in [-0.39, 0.29) is 37.4 Å². The third kappa shape index (κ3) is 5.93. The summed E-state index contributed by atoms with van der Waals surface area (Å²) < 4.78 is 5.09. The van der Waals surface area contributed by atoms with Crippen LogP contribution in [0.15, 0.2) is 24.3 Å². The van der Waals surface area contributed by atoms with E-state index in [1.54, 1.807) is 17.0 Å². The van der Waals surface area contributed by atoms with E-state index >= 15 is 0 Å². The molecule has 1 N–H and O–H groups in total. The molecule has 1 saturated heterocycles. The van der Waals surface area contributed by atoms with Gasteiger partial charge in [0.15, 0.2) is 6.61 Å². The van der Waals surface area contributed by atoms with Crippen molar-refractivity contribution in [3.05, 3.63) is 34.9 Å². The van der Waals surface area contributed by atoms with Crippen molar-refractivity contribution in [1.29, 1.82) is 0 Å². The van der Waals surface area contributed by atoms with Crippen LogP contribution in [0.1, 0.15) is 24.8 Å². The molecule has 1 heterocycles. The van der Waals surface area contributed by atoms with Crippen LogP contribution in [0.25, 0.3) is 0 Å². The maximum absolute atomic E-state index is 12.3. The summed E-state index contributed by atoms with van der Waals surface area (Å²) in [5.74, 6) is -2.08. The van der Waals surface area contributed by atoms with Crippen LogP contribution in [-0.4, -0.2) is 66.3 Å². The van der Waals surface area contributed by atoms with E-state index in [9.17, 15) is 19.2 Å². The number of benzene rings is 1. The molecule has 1 aliphatic heterocycles. The molecule has 0 unspecified atom stereocenters. The second kappa shape index (κ2) is 9.26. The Morgan fingerprint density at radius 3 is 2.69 bits per heavy atom. The maximum Gasteiger partial charge on any atom is 0.311 e. The predicted octanol–water partition coefficient (Wildman–Crippen LogP) is 0.969. The molecule has 8 nitrogen and oxygen atoms in total. The molecule has 0 aromatic heterocycles. The van der Waals surface area contributed by atoms with Gasteiger partial charge < -0.3 is 19.9 Å². The molecule has 1 saturated carbocycles. The molecule has 2 aliphatic rings. The minimum atomic E-state index is -0.624. The fourth-order valence-electron chi connectivity index (χ4n) is 3.08. The van der Waals surface area contributed by atoms with Crippen molar-refractivity contribution in [3.63, 3.8) is 0 Å². The Bertz CT molecular complexity index is 811. The molecule has 0 spiro atoms. The number of ether oxygens (including phenoxy) is 1. The summed E-state index contributed by atoms with van der Waals surface area (Å²) in [4.78, 5) is 51.1. The van der Waals surface area contributed by atoms with Crippen LogP contribution in [0.5, 0.6) is 0 Å². The average Bonchev–Trinajstić information content (AvgIpc) is 3.42. The van der Waals surface area contributed by atoms with Gasteiger partial charge in [0.2, 0.25) is 11.8 Å². The Morgan fingerprint density at radius 1 is 1.28 bits per heavy atom. The second-order valence-corrected chi connectivity index (χ2v) is 7.87. The third-order valence-electron chi connectivity index (χ3n) is 4.95. The molecule has 1 atom stereocenters. The summed E-state index contributed by atoms with van der Waals surface area (Å²) >= 11 is 6.13. The molecule has 156 valence electrons. The highest BCUT2D eigenvalue weighted by Crippen LogP contribution is 2.24. The normalized spacial score (nSPS) is 18.5. The van der Waals surface area contributed by atoms with Gasteiger partial charge in [0.25, 0.3) is 5.91 Å². The van der Waals surface area contributed by atoms with E-state index in [4.69, 9.17) is 16.3 Å². The monoisotopic (exact) mass is 421 g/mol. The molecular weight excluding hydrogens is 398 g/mol. The number of hydrogen-bond donors (Lipinski definition) is 1. The van der Waals surface area contributed by atoms with Crippen LogP contribution >= 0.6 is 11.6 Å². The van der Waals surface area contributed by atoms with Gasteiger partial charge >= 0.3 is 5.97 Å². The topological polar surface area (TPSA) is 96.0 Å². The summed E-state index contributed by atoms with van der Waals surface area (Å²) in [7, 11) is 1.48. The number of carbonyl (C=O) groups excluding carboxylic acids is 4. The first-order valence-corrected chi connectivity index (χ1v) is 9.92. The van der Waals surface area contributed by atoms with Crippen molar-refractivity contribution >= 4 is 35.3 Å². The van der Waals surface area contributed by atoms with Crippen molar-refractivity contribution in [3.8, 4) is 0 Å². The van der Waals surface area contributed by atoms with Crippen molar-refractivity contribution < 1.29 is 23.9 Å². The number of amides is 3. The molecule has 2 fully saturated rings. The van der Waals surface area contributed by atoms with Gasteiger partial charge in [-0.05, 0) is 24.5 Å². The fraction of sp³-hybridized carbons (Fsp3) is 0.500. The van der Waals surface area contributed by atoms with E-state index in [0.717, 1.165) is 18.4 Å². The van der Waals surface area contributed by atoms with Crippen molar-refractivity contribution in [2.24, 2.45) is 5.92 Å². The number of halogens is 1. The third-order valence-corrected chi connectivity index (χ3v) is 5.32. The van der Waals surface area contributed by atoms with Crippen molar-refractivity contribution in [2.75, 3.05) is 26.7 Å². The number of esters is 1. The van der Waals surface area contributed by atoms with Crippen molar-refractivity contribution in [2.45, 2.75) is 31.8 Å². The number of hydrogen-bond acceptors (Lipinski definition) is 5. The lowest BCUT2D eigenvalue weighted by Crippen LogP contribution is -2.41. The summed E-state index contributed by atoms with van der Waals surface area (Å²) in [5.41, 5.74) is 0.804. The molecule has 0 radical (unpaired) electrons. The first kappa shape index (κ1) is 21.1. The summed E-state index contributed by atoms with van der Waals surface area (Å²) in [6.45, 7) is -0.00156. The van der Waals surface area contributed by atoms with Gasteiger partial charge in [-0.15, -0.1) is 0 Å². The fourth-order valence-corrected chi connectivity index (χ4v) is 3.28. The van der Waals surface area contributed by atoms with Gasteiger partial charge in [0.05, 0.1) is 12.5 Å². The quantitative estimate of drug-likeness (QED) is 0.631. The zero-order chi connectivity index (χ0) is 21.0. The average molecular weight is 422 g/mol. The van der Waals surface area contributed by atoms with E-state index < -0.39 is 24.4 Å². The highest BCUT2D eigenvalue weighted by atomic mass is 35.5. The van der Waals surface area contributed by atoms with Crippen molar-refractivity contribution in [1.82, 2.24) is 15.1 Å². The molecule has 3 amide bonds. The van der Waals surface area contributed by atoms with E-state index in [2.05, 4.69) is 5.32 Å². The van der Waals surface area contributed by atoms with Crippen LogP contribution < -0.4 is 5.32 Å². The highest BCUT2D eigenvalue weighted by molar-refractivity contribution is 6.31. The highest BCUT2D eigenvalue weighted by Gasteiger charge is 2.36. The van der Waals surface area contributed by atoms with Crippen LogP contribution in [0.2, 0.25) is 5.02 Å². The van der Waals surface area contributed by atoms with Gasteiger partial charge in [-0.1, -0.05) is 29.8 Å². The molecule has 9 heteroatoms. The molecule has 1 aromatic carbocycles. The van der Waals surface area contributed by atoms with Crippen LogP contribution in [0.4, 0.5) is 0 Å². The zero-order valence-corrected chi connectivity index (χ0v) is 17.0. The Balaban J connectivity index is 1.43. The van der Waals surface area contributed by atoms with E-state index in [1.165, 1.54) is 11.9 Å². The molecule has 3 rings (SSSR count).